The molecule has 0 aliphatic carbocycles. The molecule has 0 saturated carbocycles. The lowest BCUT2D eigenvalue weighted by Gasteiger charge is -2.18. The highest BCUT2D eigenvalue weighted by Crippen LogP contribution is 2.16. The Morgan fingerprint density at radius 1 is 0.266 bits per heavy atom. The van der Waals surface area contributed by atoms with Crippen molar-refractivity contribution in [3.63, 3.8) is 0 Å². The Kier molecular flexibility index (Phi) is 63.3. The Bertz CT molecular complexity index is 1590. The van der Waals surface area contributed by atoms with E-state index in [0.29, 0.717) is 19.3 Å². The van der Waals surface area contributed by atoms with E-state index in [1.54, 1.807) is 0 Å². The minimum absolute atomic E-state index is 0.0905. The number of unbranched alkanes of at least 4 members (excludes halogenated alkanes) is 31. The van der Waals surface area contributed by atoms with E-state index in [4.69, 9.17) is 14.2 Å². The Balaban J connectivity index is 4.45. The third-order valence-electron chi connectivity index (χ3n) is 14.3. The molecule has 452 valence electrons. The molecule has 1 unspecified atom stereocenters. The first kappa shape index (κ1) is 75.1. The molecule has 0 aromatic rings. The highest BCUT2D eigenvalue weighted by Gasteiger charge is 2.19. The van der Waals surface area contributed by atoms with Gasteiger partial charge in [0, 0.05) is 19.3 Å². The van der Waals surface area contributed by atoms with Gasteiger partial charge in [-0.1, -0.05) is 297 Å². The number of carbonyl (C=O) groups excluding carboxylic acids is 3. The normalized spacial score (nSPS) is 12.8. The summed E-state index contributed by atoms with van der Waals surface area (Å²) < 4.78 is 16.9. The largest absolute Gasteiger partial charge is 0.462 e. The minimum Gasteiger partial charge on any atom is -0.462 e. The van der Waals surface area contributed by atoms with Crippen LogP contribution in [-0.2, 0) is 28.6 Å². The molecule has 0 aromatic carbocycles. The van der Waals surface area contributed by atoms with Crippen LogP contribution in [0.2, 0.25) is 0 Å². The van der Waals surface area contributed by atoms with Gasteiger partial charge in [-0.2, -0.15) is 0 Å². The molecule has 0 bridgehead atoms. The first-order valence-electron chi connectivity index (χ1n) is 33.4. The van der Waals surface area contributed by atoms with Crippen LogP contribution < -0.4 is 0 Å². The molecule has 79 heavy (non-hydrogen) atoms. The summed E-state index contributed by atoms with van der Waals surface area (Å²) in [5, 5.41) is 0. The van der Waals surface area contributed by atoms with Gasteiger partial charge in [0.1, 0.15) is 13.2 Å². The van der Waals surface area contributed by atoms with Gasteiger partial charge in [0.05, 0.1) is 0 Å². The summed E-state index contributed by atoms with van der Waals surface area (Å²) in [5.74, 6) is -0.921. The topological polar surface area (TPSA) is 78.9 Å². The maximum Gasteiger partial charge on any atom is 0.306 e. The molecule has 0 aliphatic heterocycles. The van der Waals surface area contributed by atoms with Crippen molar-refractivity contribution in [2.75, 3.05) is 13.2 Å². The lowest BCUT2D eigenvalue weighted by Crippen LogP contribution is -2.30. The molecule has 0 fully saturated rings. The van der Waals surface area contributed by atoms with E-state index in [0.717, 1.165) is 122 Å². The molecule has 0 saturated heterocycles. The van der Waals surface area contributed by atoms with E-state index >= 15 is 0 Å². The number of rotatable bonds is 60. The summed E-state index contributed by atoms with van der Waals surface area (Å²) in [7, 11) is 0. The Morgan fingerprint density at radius 2 is 0.494 bits per heavy atom. The molecular formula is C73H124O6. The van der Waals surface area contributed by atoms with Crippen LogP contribution >= 0.6 is 0 Å². The fraction of sp³-hybridized carbons (Fsp3) is 0.712. The summed E-state index contributed by atoms with van der Waals surface area (Å²) in [4.78, 5) is 38.4. The van der Waals surface area contributed by atoms with Crippen molar-refractivity contribution in [1.82, 2.24) is 0 Å². The molecular weight excluding hydrogens is 973 g/mol. The standard InChI is InChI=1S/C73H124O6/c1-4-7-10-13-16-19-22-25-28-31-34-35-36-37-38-39-40-43-45-48-51-54-57-60-63-66-72(75)78-69-70(79-73(76)67-64-61-58-55-52-49-46-42-33-30-27-24-21-18-15-12-9-6-3)68-77-71(74)65-62-59-56-53-50-47-44-41-32-29-26-23-20-17-14-11-8-5-2/h7,10,16,19,21,24-25,28,30,33-35,37-38,40,43,48,51,70H,4-6,8-9,11-15,17-18,20,22-23,26-27,29,31-32,36,39,41-42,44-47,49-50,52-69H2,1-3H3/b10-7-,19-16-,24-21-,28-25-,33-30-,35-34-,38-37-,43-40-,51-48-. The first-order chi connectivity index (χ1) is 39.0. The first-order valence-corrected chi connectivity index (χ1v) is 33.4. The maximum atomic E-state index is 12.9. The van der Waals surface area contributed by atoms with Crippen LogP contribution in [0.3, 0.4) is 0 Å². The van der Waals surface area contributed by atoms with Crippen molar-refractivity contribution in [2.24, 2.45) is 0 Å². The lowest BCUT2D eigenvalue weighted by molar-refractivity contribution is -0.167. The number of ether oxygens (including phenoxy) is 3. The van der Waals surface area contributed by atoms with Crippen LogP contribution in [0.15, 0.2) is 109 Å². The third-order valence-corrected chi connectivity index (χ3v) is 14.3. The summed E-state index contributed by atoms with van der Waals surface area (Å²) in [6.45, 7) is 6.51. The number of hydrogen-bond acceptors (Lipinski definition) is 6. The van der Waals surface area contributed by atoms with Gasteiger partial charge in [-0.15, -0.1) is 0 Å². The van der Waals surface area contributed by atoms with E-state index in [1.807, 2.05) is 0 Å². The zero-order valence-corrected chi connectivity index (χ0v) is 51.9. The van der Waals surface area contributed by atoms with E-state index in [2.05, 4.69) is 130 Å². The van der Waals surface area contributed by atoms with Crippen molar-refractivity contribution in [3.8, 4) is 0 Å². The van der Waals surface area contributed by atoms with Crippen molar-refractivity contribution < 1.29 is 28.6 Å². The van der Waals surface area contributed by atoms with Gasteiger partial charge < -0.3 is 14.2 Å². The van der Waals surface area contributed by atoms with Gasteiger partial charge in [0.25, 0.3) is 0 Å². The van der Waals surface area contributed by atoms with Crippen molar-refractivity contribution in [3.05, 3.63) is 109 Å². The van der Waals surface area contributed by atoms with Crippen LogP contribution in [0.1, 0.15) is 316 Å². The number of esters is 3. The number of allylic oxidation sites excluding steroid dienone is 18. The SMILES string of the molecule is CC/C=C\C/C=C\C/C=C\C/C=C\C/C=C\C/C=C\C/C=C\CCCCCC(=O)OCC(COC(=O)CCCCCCCCCCCCCCCCCCCC)OC(=O)CCCCCCCCC/C=C\C/C=C\CCCCCC. The van der Waals surface area contributed by atoms with Crippen LogP contribution in [0, 0.1) is 0 Å². The summed E-state index contributed by atoms with van der Waals surface area (Å²) >= 11 is 0. The van der Waals surface area contributed by atoms with Crippen molar-refractivity contribution in [1.29, 1.82) is 0 Å². The Morgan fingerprint density at radius 3 is 0.797 bits per heavy atom. The molecule has 6 nitrogen and oxygen atoms in total. The van der Waals surface area contributed by atoms with Crippen LogP contribution in [-0.4, -0.2) is 37.2 Å². The predicted molar refractivity (Wildman–Crippen MR) is 343 cm³/mol. The molecule has 0 aliphatic rings. The fourth-order valence-corrected chi connectivity index (χ4v) is 9.28. The molecule has 0 N–H and O–H groups in total. The van der Waals surface area contributed by atoms with Gasteiger partial charge in [-0.3, -0.25) is 14.4 Å². The van der Waals surface area contributed by atoms with Crippen LogP contribution in [0.5, 0.6) is 0 Å². The van der Waals surface area contributed by atoms with E-state index in [9.17, 15) is 14.4 Å². The quantitative estimate of drug-likeness (QED) is 0.0261. The van der Waals surface area contributed by atoms with Gasteiger partial charge in [0.2, 0.25) is 0 Å². The summed E-state index contributed by atoms with van der Waals surface area (Å²) in [6, 6.07) is 0. The predicted octanol–water partition coefficient (Wildman–Crippen LogP) is 23.0. The van der Waals surface area contributed by atoms with Gasteiger partial charge in [0.15, 0.2) is 6.10 Å². The maximum absolute atomic E-state index is 12.9. The molecule has 0 spiro atoms. The molecule has 6 heteroatoms. The lowest BCUT2D eigenvalue weighted by atomic mass is 10.0. The smallest absolute Gasteiger partial charge is 0.306 e. The zero-order valence-electron chi connectivity index (χ0n) is 51.9. The second-order valence-electron chi connectivity index (χ2n) is 22.0. The molecule has 0 rings (SSSR count). The van der Waals surface area contributed by atoms with Gasteiger partial charge in [-0.05, 0) is 109 Å². The minimum atomic E-state index is -0.798. The molecule has 0 heterocycles. The van der Waals surface area contributed by atoms with Gasteiger partial charge >= 0.3 is 17.9 Å². The summed E-state index contributed by atoms with van der Waals surface area (Å²) in [5.41, 5.74) is 0. The van der Waals surface area contributed by atoms with Crippen molar-refractivity contribution in [2.45, 2.75) is 322 Å². The van der Waals surface area contributed by atoms with E-state index < -0.39 is 6.10 Å². The average molecular weight is 1100 g/mol. The second-order valence-corrected chi connectivity index (χ2v) is 22.0. The second kappa shape index (κ2) is 66.6. The molecule has 0 radical (unpaired) electrons. The highest BCUT2D eigenvalue weighted by atomic mass is 16.6. The Labute approximate surface area is 489 Å². The molecule has 1 atom stereocenters. The highest BCUT2D eigenvalue weighted by molar-refractivity contribution is 5.71. The number of hydrogen-bond donors (Lipinski definition) is 0. The molecule has 0 aromatic heterocycles. The summed E-state index contributed by atoms with van der Waals surface area (Å²) in [6.07, 6.45) is 90.9. The third kappa shape index (κ3) is 64.8. The average Bonchev–Trinajstić information content (AvgIpc) is 3.45. The zero-order chi connectivity index (χ0) is 57.1. The monoisotopic (exact) mass is 1100 g/mol. The van der Waals surface area contributed by atoms with Crippen LogP contribution in [0.4, 0.5) is 0 Å². The van der Waals surface area contributed by atoms with E-state index in [-0.39, 0.29) is 31.1 Å². The van der Waals surface area contributed by atoms with Crippen LogP contribution in [0.25, 0.3) is 0 Å². The van der Waals surface area contributed by atoms with E-state index in [1.165, 1.54) is 154 Å². The molecule has 0 amide bonds. The van der Waals surface area contributed by atoms with Crippen molar-refractivity contribution >= 4 is 17.9 Å². The number of carbonyl (C=O) groups is 3. The fourth-order valence-electron chi connectivity index (χ4n) is 9.28. The Hall–Kier alpha value is -3.93. The van der Waals surface area contributed by atoms with Gasteiger partial charge in [-0.25, -0.2) is 0 Å².